The quantitative estimate of drug-likeness (QED) is 0.455. The summed E-state index contributed by atoms with van der Waals surface area (Å²) in [6.07, 6.45) is 6.19. The van der Waals surface area contributed by atoms with Gasteiger partial charge in [-0.1, -0.05) is 56.5 Å². The number of rotatable bonds is 9. The van der Waals surface area contributed by atoms with E-state index in [9.17, 15) is 0 Å². The van der Waals surface area contributed by atoms with Gasteiger partial charge in [-0.2, -0.15) is 0 Å². The summed E-state index contributed by atoms with van der Waals surface area (Å²) in [6, 6.07) is 10.3. The minimum atomic E-state index is 0.319. The summed E-state index contributed by atoms with van der Waals surface area (Å²) in [5.74, 6) is 0.686. The van der Waals surface area contributed by atoms with Gasteiger partial charge in [0.15, 0.2) is 0 Å². The Morgan fingerprint density at radius 2 is 1.88 bits per heavy atom. The first kappa shape index (κ1) is 14.5. The lowest BCUT2D eigenvalue weighted by Crippen LogP contribution is -2.13. The van der Waals surface area contributed by atoms with Gasteiger partial charge in [-0.25, -0.2) is 0 Å². The molecule has 0 spiro atoms. The highest BCUT2D eigenvalue weighted by molar-refractivity contribution is 6.17. The van der Waals surface area contributed by atoms with E-state index in [1.807, 2.05) is 18.2 Å². The second-order valence-corrected chi connectivity index (χ2v) is 4.77. The third-order valence-corrected chi connectivity index (χ3v) is 3.11. The van der Waals surface area contributed by atoms with Gasteiger partial charge in [0.1, 0.15) is 0 Å². The highest BCUT2D eigenvalue weighted by atomic mass is 35.5. The fourth-order valence-electron chi connectivity index (χ4n) is 1.84. The van der Waals surface area contributed by atoms with E-state index in [1.165, 1.54) is 24.8 Å². The molecular weight excluding hydrogens is 232 g/mol. The van der Waals surface area contributed by atoms with E-state index in [2.05, 4.69) is 19.1 Å². The first-order valence-corrected chi connectivity index (χ1v) is 7.11. The van der Waals surface area contributed by atoms with E-state index in [0.717, 1.165) is 12.8 Å². The molecule has 0 bridgehead atoms. The van der Waals surface area contributed by atoms with Crippen molar-refractivity contribution in [2.75, 3.05) is 5.88 Å². The predicted octanol–water partition coefficient (Wildman–Crippen LogP) is 4.78. The number of benzene rings is 1. The average molecular weight is 255 g/mol. The van der Waals surface area contributed by atoms with Crippen LogP contribution in [-0.2, 0) is 11.3 Å². The minimum absolute atomic E-state index is 0.319. The molecule has 1 atom stereocenters. The molecule has 0 aliphatic heterocycles. The third-order valence-electron chi connectivity index (χ3n) is 2.89. The summed E-state index contributed by atoms with van der Waals surface area (Å²) in [5, 5.41) is 0. The Bertz CT molecular complexity index is 274. The zero-order valence-electron chi connectivity index (χ0n) is 10.7. The maximum atomic E-state index is 5.93. The molecule has 1 unspecified atom stereocenters. The first-order chi connectivity index (χ1) is 8.36. The molecule has 0 fully saturated rings. The highest BCUT2D eigenvalue weighted by Crippen LogP contribution is 2.13. The smallest absolute Gasteiger partial charge is 0.0720 e. The van der Waals surface area contributed by atoms with Crippen LogP contribution in [0.5, 0.6) is 0 Å². The lowest BCUT2D eigenvalue weighted by atomic mass is 10.1. The minimum Gasteiger partial charge on any atom is -0.374 e. The molecule has 0 aliphatic rings. The highest BCUT2D eigenvalue weighted by Gasteiger charge is 2.08. The van der Waals surface area contributed by atoms with Gasteiger partial charge in [0.25, 0.3) is 0 Å². The van der Waals surface area contributed by atoms with Crippen molar-refractivity contribution in [1.29, 1.82) is 0 Å². The van der Waals surface area contributed by atoms with E-state index in [-0.39, 0.29) is 0 Å². The Kier molecular flexibility index (Phi) is 8.12. The van der Waals surface area contributed by atoms with E-state index in [0.29, 0.717) is 18.6 Å². The lowest BCUT2D eigenvalue weighted by molar-refractivity contribution is 0.0316. The van der Waals surface area contributed by atoms with Crippen molar-refractivity contribution >= 4 is 11.6 Å². The maximum absolute atomic E-state index is 5.93. The van der Waals surface area contributed by atoms with Crippen LogP contribution in [0.25, 0.3) is 0 Å². The standard InChI is InChI=1S/C15H23ClO/c1-2-3-5-10-15(11-12-16)17-13-14-8-6-4-7-9-14/h4,6-9,15H,2-3,5,10-13H2,1H3. The SMILES string of the molecule is CCCCCC(CCCl)OCc1ccccc1. The molecule has 1 nitrogen and oxygen atoms in total. The molecule has 0 saturated heterocycles. The van der Waals surface area contributed by atoms with Gasteiger partial charge in [0.2, 0.25) is 0 Å². The molecule has 0 heterocycles. The molecule has 0 aromatic heterocycles. The molecule has 17 heavy (non-hydrogen) atoms. The van der Waals surface area contributed by atoms with Crippen LogP contribution in [0.4, 0.5) is 0 Å². The maximum Gasteiger partial charge on any atom is 0.0720 e. The summed E-state index contributed by atoms with van der Waals surface area (Å²) in [6.45, 7) is 2.93. The molecule has 1 rings (SSSR count). The molecule has 0 N–H and O–H groups in total. The van der Waals surface area contributed by atoms with Crippen LogP contribution in [-0.4, -0.2) is 12.0 Å². The third kappa shape index (κ3) is 6.70. The summed E-state index contributed by atoms with van der Waals surface area (Å²) >= 11 is 5.81. The van der Waals surface area contributed by atoms with Crippen LogP contribution >= 0.6 is 11.6 Å². The van der Waals surface area contributed by atoms with E-state index in [1.54, 1.807) is 0 Å². The molecule has 0 amide bonds. The average Bonchev–Trinajstić information content (AvgIpc) is 2.37. The first-order valence-electron chi connectivity index (χ1n) is 6.58. The monoisotopic (exact) mass is 254 g/mol. The van der Waals surface area contributed by atoms with Crippen LogP contribution in [0.2, 0.25) is 0 Å². The Morgan fingerprint density at radius 3 is 2.53 bits per heavy atom. The molecule has 1 aromatic carbocycles. The summed E-state index contributed by atoms with van der Waals surface area (Å²) < 4.78 is 5.93. The van der Waals surface area contributed by atoms with Gasteiger partial charge in [-0.05, 0) is 18.4 Å². The molecule has 96 valence electrons. The van der Waals surface area contributed by atoms with Crippen LogP contribution in [0.15, 0.2) is 30.3 Å². The molecule has 0 radical (unpaired) electrons. The number of hydrogen-bond donors (Lipinski definition) is 0. The Hall–Kier alpha value is -0.530. The fourth-order valence-corrected chi connectivity index (χ4v) is 2.09. The van der Waals surface area contributed by atoms with E-state index in [4.69, 9.17) is 16.3 Å². The Morgan fingerprint density at radius 1 is 1.12 bits per heavy atom. The van der Waals surface area contributed by atoms with Gasteiger partial charge < -0.3 is 4.74 Å². The van der Waals surface area contributed by atoms with Gasteiger partial charge in [0.05, 0.1) is 12.7 Å². The predicted molar refractivity (Wildman–Crippen MR) is 74.5 cm³/mol. The normalized spacial score (nSPS) is 12.6. The van der Waals surface area contributed by atoms with Gasteiger partial charge in [-0.3, -0.25) is 0 Å². The lowest BCUT2D eigenvalue weighted by Gasteiger charge is -2.16. The van der Waals surface area contributed by atoms with Crippen LogP contribution < -0.4 is 0 Å². The topological polar surface area (TPSA) is 9.23 Å². The second-order valence-electron chi connectivity index (χ2n) is 4.39. The molecule has 1 aromatic rings. The van der Waals surface area contributed by atoms with E-state index >= 15 is 0 Å². The van der Waals surface area contributed by atoms with Crippen molar-refractivity contribution in [2.45, 2.75) is 51.7 Å². The van der Waals surface area contributed by atoms with Gasteiger partial charge in [-0.15, -0.1) is 11.6 Å². The summed E-state index contributed by atoms with van der Waals surface area (Å²) in [4.78, 5) is 0. The van der Waals surface area contributed by atoms with Crippen molar-refractivity contribution in [3.05, 3.63) is 35.9 Å². The molecular formula is C15H23ClO. The Balaban J connectivity index is 2.28. The number of alkyl halides is 1. The van der Waals surface area contributed by atoms with E-state index < -0.39 is 0 Å². The van der Waals surface area contributed by atoms with Crippen molar-refractivity contribution in [3.8, 4) is 0 Å². The summed E-state index contributed by atoms with van der Waals surface area (Å²) in [7, 11) is 0. The van der Waals surface area contributed by atoms with Gasteiger partial charge in [0, 0.05) is 5.88 Å². The van der Waals surface area contributed by atoms with Crippen molar-refractivity contribution in [1.82, 2.24) is 0 Å². The molecule has 2 heteroatoms. The zero-order valence-corrected chi connectivity index (χ0v) is 11.5. The van der Waals surface area contributed by atoms with Crippen LogP contribution in [0.1, 0.15) is 44.6 Å². The van der Waals surface area contributed by atoms with Crippen molar-refractivity contribution in [3.63, 3.8) is 0 Å². The van der Waals surface area contributed by atoms with Crippen molar-refractivity contribution < 1.29 is 4.74 Å². The molecule has 0 aliphatic carbocycles. The summed E-state index contributed by atoms with van der Waals surface area (Å²) in [5.41, 5.74) is 1.24. The number of ether oxygens (including phenoxy) is 1. The van der Waals surface area contributed by atoms with Crippen molar-refractivity contribution in [2.24, 2.45) is 0 Å². The molecule has 0 saturated carbocycles. The van der Waals surface area contributed by atoms with Gasteiger partial charge >= 0.3 is 0 Å². The van der Waals surface area contributed by atoms with Crippen LogP contribution in [0.3, 0.4) is 0 Å². The Labute approximate surface area is 110 Å². The fraction of sp³-hybridized carbons (Fsp3) is 0.600. The van der Waals surface area contributed by atoms with Crippen LogP contribution in [0, 0.1) is 0 Å². The zero-order chi connectivity index (χ0) is 12.3. The number of hydrogen-bond acceptors (Lipinski definition) is 1. The number of halogens is 1. The number of unbranched alkanes of at least 4 members (excludes halogenated alkanes) is 2. The largest absolute Gasteiger partial charge is 0.374 e. The second kappa shape index (κ2) is 9.49.